The van der Waals surface area contributed by atoms with E-state index in [1.54, 1.807) is 6.20 Å². The first kappa shape index (κ1) is 20.2. The minimum atomic E-state index is -0.170. The van der Waals surface area contributed by atoms with E-state index >= 15 is 0 Å². The summed E-state index contributed by atoms with van der Waals surface area (Å²) in [5, 5.41) is 2.91. The predicted octanol–water partition coefficient (Wildman–Crippen LogP) is 4.81. The highest BCUT2D eigenvalue weighted by Gasteiger charge is 2.28. The van der Waals surface area contributed by atoms with Crippen molar-refractivity contribution in [3.05, 3.63) is 89.5 Å². The van der Waals surface area contributed by atoms with Crippen LogP contribution in [0.3, 0.4) is 0 Å². The number of amides is 1. The number of rotatable bonds is 7. The van der Waals surface area contributed by atoms with Crippen molar-refractivity contribution in [2.75, 3.05) is 18.4 Å². The summed E-state index contributed by atoms with van der Waals surface area (Å²) in [6.07, 6.45) is 6.12. The number of aryl methyl sites for hydroxylation is 2. The number of anilines is 1. The van der Waals surface area contributed by atoms with E-state index in [2.05, 4.69) is 45.5 Å². The van der Waals surface area contributed by atoms with Crippen LogP contribution in [0.1, 0.15) is 52.7 Å². The maximum atomic E-state index is 12.6. The minimum absolute atomic E-state index is 0.170. The van der Waals surface area contributed by atoms with Crippen LogP contribution in [0.5, 0.6) is 0 Å². The number of benzene rings is 2. The lowest BCUT2D eigenvalue weighted by molar-refractivity contribution is 0.102. The van der Waals surface area contributed by atoms with Crippen molar-refractivity contribution in [1.29, 1.82) is 0 Å². The van der Waals surface area contributed by atoms with E-state index in [4.69, 9.17) is 4.98 Å². The van der Waals surface area contributed by atoms with Crippen molar-refractivity contribution in [2.24, 2.45) is 0 Å². The van der Waals surface area contributed by atoms with Crippen molar-refractivity contribution >= 4 is 11.6 Å². The van der Waals surface area contributed by atoms with E-state index in [1.807, 2.05) is 37.3 Å². The molecular weight excluding hydrogens is 372 g/mol. The summed E-state index contributed by atoms with van der Waals surface area (Å²) in [4.78, 5) is 24.4. The van der Waals surface area contributed by atoms with Gasteiger partial charge in [-0.3, -0.25) is 9.69 Å². The Balaban J connectivity index is 1.39. The molecule has 1 saturated heterocycles. The average Bonchev–Trinajstić information content (AvgIpc) is 3.23. The number of nitrogens with one attached hydrogen (secondary N) is 1. The average molecular weight is 401 g/mol. The van der Waals surface area contributed by atoms with Crippen molar-refractivity contribution in [3.63, 3.8) is 0 Å². The molecule has 1 aliphatic heterocycles. The lowest BCUT2D eigenvalue weighted by Gasteiger charge is -2.23. The molecule has 1 aliphatic rings. The lowest BCUT2D eigenvalue weighted by Crippen LogP contribution is -2.27. The Morgan fingerprint density at radius 2 is 1.83 bits per heavy atom. The predicted molar refractivity (Wildman–Crippen MR) is 119 cm³/mol. The molecule has 0 aliphatic carbocycles. The van der Waals surface area contributed by atoms with Crippen LogP contribution in [0, 0.1) is 6.92 Å². The van der Waals surface area contributed by atoms with E-state index in [0.29, 0.717) is 5.56 Å². The first-order valence-corrected chi connectivity index (χ1v) is 10.7. The number of hydrogen-bond donors (Lipinski definition) is 1. The highest BCUT2D eigenvalue weighted by Crippen LogP contribution is 2.30. The van der Waals surface area contributed by atoms with Gasteiger partial charge in [0.2, 0.25) is 0 Å². The third-order valence-electron chi connectivity index (χ3n) is 5.69. The zero-order chi connectivity index (χ0) is 20.8. The van der Waals surface area contributed by atoms with Crippen LogP contribution in [0.4, 0.5) is 5.69 Å². The monoisotopic (exact) mass is 400 g/mol. The van der Waals surface area contributed by atoms with Gasteiger partial charge >= 0.3 is 0 Å². The third kappa shape index (κ3) is 4.92. The van der Waals surface area contributed by atoms with Gasteiger partial charge in [0, 0.05) is 11.9 Å². The van der Waals surface area contributed by atoms with Gasteiger partial charge in [-0.25, -0.2) is 9.97 Å². The fourth-order valence-electron chi connectivity index (χ4n) is 4.11. The second-order valence-electron chi connectivity index (χ2n) is 7.83. The molecule has 30 heavy (non-hydrogen) atoms. The second-order valence-corrected chi connectivity index (χ2v) is 7.83. The second kappa shape index (κ2) is 9.63. The van der Waals surface area contributed by atoms with Gasteiger partial charge in [-0.1, -0.05) is 48.5 Å². The largest absolute Gasteiger partial charge is 0.322 e. The van der Waals surface area contributed by atoms with Gasteiger partial charge in [-0.05, 0) is 63.4 Å². The molecule has 0 unspecified atom stereocenters. The van der Waals surface area contributed by atoms with E-state index in [1.165, 1.54) is 5.56 Å². The van der Waals surface area contributed by atoms with Gasteiger partial charge < -0.3 is 5.32 Å². The summed E-state index contributed by atoms with van der Waals surface area (Å²) < 4.78 is 0. The molecule has 154 valence electrons. The Kier molecular flexibility index (Phi) is 6.50. The van der Waals surface area contributed by atoms with Crippen LogP contribution in [0.15, 0.2) is 66.9 Å². The number of aromatic nitrogens is 2. The van der Waals surface area contributed by atoms with E-state index in [9.17, 15) is 4.79 Å². The molecule has 0 spiro atoms. The number of para-hydroxylation sites is 1. The summed E-state index contributed by atoms with van der Waals surface area (Å²) in [6, 6.07) is 20.3. The molecule has 2 heterocycles. The fourth-order valence-corrected chi connectivity index (χ4v) is 4.11. The number of carbonyl (C=O) groups excluding carboxylic acids is 1. The Hall–Kier alpha value is -3.05. The van der Waals surface area contributed by atoms with Crippen molar-refractivity contribution in [3.8, 4) is 0 Å². The van der Waals surface area contributed by atoms with Crippen LogP contribution in [-0.4, -0.2) is 33.9 Å². The first-order chi connectivity index (χ1) is 14.7. The van der Waals surface area contributed by atoms with Gasteiger partial charge in [0.05, 0.1) is 17.3 Å². The van der Waals surface area contributed by atoms with Crippen LogP contribution >= 0.6 is 0 Å². The Morgan fingerprint density at radius 3 is 2.57 bits per heavy atom. The Morgan fingerprint density at radius 1 is 1.10 bits per heavy atom. The van der Waals surface area contributed by atoms with Crippen molar-refractivity contribution < 1.29 is 4.79 Å². The van der Waals surface area contributed by atoms with E-state index < -0.39 is 0 Å². The number of likely N-dealkylation sites (tertiary alicyclic amines) is 1. The molecular formula is C25H28N4O. The zero-order valence-corrected chi connectivity index (χ0v) is 17.4. The molecule has 1 fully saturated rings. The summed E-state index contributed by atoms with van der Waals surface area (Å²) >= 11 is 0. The number of carbonyl (C=O) groups is 1. The topological polar surface area (TPSA) is 58.1 Å². The smallest absolute Gasteiger partial charge is 0.259 e. The maximum absolute atomic E-state index is 12.6. The molecule has 4 rings (SSSR count). The molecule has 5 heteroatoms. The molecule has 5 nitrogen and oxygen atoms in total. The normalized spacial score (nSPS) is 16.5. The summed E-state index contributed by atoms with van der Waals surface area (Å²) in [6.45, 7) is 4.01. The van der Waals surface area contributed by atoms with E-state index in [-0.39, 0.29) is 11.9 Å². The molecule has 0 bridgehead atoms. The summed E-state index contributed by atoms with van der Waals surface area (Å²) in [5.74, 6) is 0.664. The number of hydrogen-bond acceptors (Lipinski definition) is 4. The Labute approximate surface area is 178 Å². The highest BCUT2D eigenvalue weighted by atomic mass is 16.1. The molecule has 1 atom stereocenters. The summed E-state index contributed by atoms with van der Waals surface area (Å²) in [5.41, 5.74) is 3.40. The quantitative estimate of drug-likeness (QED) is 0.618. The first-order valence-electron chi connectivity index (χ1n) is 10.7. The molecule has 3 aromatic rings. The molecule has 1 amide bonds. The SMILES string of the molecule is Cc1nc([C@H]2CCCN2CCCc2ccccc2)ncc1C(=O)Nc1ccccc1. The van der Waals surface area contributed by atoms with Crippen LogP contribution in [-0.2, 0) is 6.42 Å². The van der Waals surface area contributed by atoms with Gasteiger partial charge in [0.25, 0.3) is 5.91 Å². The van der Waals surface area contributed by atoms with Gasteiger partial charge in [0.15, 0.2) is 0 Å². The maximum Gasteiger partial charge on any atom is 0.259 e. The van der Waals surface area contributed by atoms with Crippen molar-refractivity contribution in [2.45, 2.75) is 38.6 Å². The molecule has 1 N–H and O–H groups in total. The van der Waals surface area contributed by atoms with Gasteiger partial charge in [0.1, 0.15) is 5.82 Å². The third-order valence-corrected chi connectivity index (χ3v) is 5.69. The van der Waals surface area contributed by atoms with E-state index in [0.717, 1.165) is 56.0 Å². The van der Waals surface area contributed by atoms with Crippen LogP contribution in [0.2, 0.25) is 0 Å². The van der Waals surface area contributed by atoms with Crippen LogP contribution in [0.25, 0.3) is 0 Å². The number of nitrogens with zero attached hydrogens (tertiary/aromatic N) is 3. The Bertz CT molecular complexity index is 975. The lowest BCUT2D eigenvalue weighted by atomic mass is 10.1. The summed E-state index contributed by atoms with van der Waals surface area (Å²) in [7, 11) is 0. The van der Waals surface area contributed by atoms with Gasteiger partial charge in [-0.15, -0.1) is 0 Å². The minimum Gasteiger partial charge on any atom is -0.322 e. The van der Waals surface area contributed by atoms with Crippen LogP contribution < -0.4 is 5.32 Å². The standard InChI is InChI=1S/C25H28N4O/c1-19-22(25(30)28-21-13-6-3-7-14-21)18-26-24(27-19)23-15-9-17-29(23)16-8-12-20-10-4-2-5-11-20/h2-7,10-11,13-14,18,23H,8-9,12,15-17H2,1H3,(H,28,30)/t23-/m1/s1. The van der Waals surface area contributed by atoms with Crippen molar-refractivity contribution in [1.82, 2.24) is 14.9 Å². The molecule has 0 saturated carbocycles. The molecule has 0 radical (unpaired) electrons. The molecule has 2 aromatic carbocycles. The highest BCUT2D eigenvalue weighted by molar-refractivity contribution is 6.04. The van der Waals surface area contributed by atoms with Gasteiger partial charge in [-0.2, -0.15) is 0 Å². The fraction of sp³-hybridized carbons (Fsp3) is 0.320. The zero-order valence-electron chi connectivity index (χ0n) is 17.4. The molecule has 1 aromatic heterocycles.